The molecule has 0 saturated heterocycles. The van der Waals surface area contributed by atoms with Crippen molar-refractivity contribution in [1.29, 1.82) is 0 Å². The summed E-state index contributed by atoms with van der Waals surface area (Å²) < 4.78 is 10.9. The minimum absolute atomic E-state index is 0.195. The number of fused-ring (bicyclic) bond motifs is 1. The first-order valence-electron chi connectivity index (χ1n) is 12.5. The third-order valence-electron chi connectivity index (χ3n) is 6.98. The number of hydrogen-bond acceptors (Lipinski definition) is 7. The first-order valence-corrected chi connectivity index (χ1v) is 12.5. The number of carbonyl (C=O) groups is 3. The summed E-state index contributed by atoms with van der Waals surface area (Å²) in [7, 11) is 5.11. The first kappa shape index (κ1) is 28.3. The molecule has 3 rings (SSSR count). The number of hydroxylamine groups is 2. The Bertz CT molecular complexity index is 1080. The molecule has 0 spiro atoms. The number of nitrogens with zero attached hydrogens (tertiary/aromatic N) is 2. The standard InChI is InChI=1S/C29H38N2O6/c1-19(18-36-22-14-12-21(13-15-22)16-25(30(5)6)28(34)35-7)17-29(3,4)20(2)37-31-26(32)23-10-8-9-11-24(23)27(31)33/h8-15,19-20,25H,16-18H2,1-7H3/t19?,20?,25-/m0/s1. The van der Waals surface area contributed by atoms with Gasteiger partial charge in [0.2, 0.25) is 0 Å². The van der Waals surface area contributed by atoms with E-state index in [1.807, 2.05) is 50.2 Å². The van der Waals surface area contributed by atoms with Crippen LogP contribution in [0.4, 0.5) is 0 Å². The Morgan fingerprint density at radius 3 is 2.05 bits per heavy atom. The van der Waals surface area contributed by atoms with E-state index in [2.05, 4.69) is 20.8 Å². The molecule has 1 aliphatic rings. The Morgan fingerprint density at radius 2 is 1.54 bits per heavy atom. The summed E-state index contributed by atoms with van der Waals surface area (Å²) in [5, 5.41) is 0.890. The van der Waals surface area contributed by atoms with E-state index >= 15 is 0 Å². The Hall–Kier alpha value is -3.23. The van der Waals surface area contributed by atoms with Crippen LogP contribution >= 0.6 is 0 Å². The zero-order valence-corrected chi connectivity index (χ0v) is 22.8. The molecule has 0 N–H and O–H groups in total. The average molecular weight is 511 g/mol. The smallest absolute Gasteiger partial charge is 0.323 e. The van der Waals surface area contributed by atoms with Gasteiger partial charge >= 0.3 is 5.97 Å². The summed E-state index contributed by atoms with van der Waals surface area (Å²) in [6, 6.07) is 14.1. The maximum atomic E-state index is 12.7. The van der Waals surface area contributed by atoms with E-state index < -0.39 is 11.8 Å². The largest absolute Gasteiger partial charge is 0.493 e. The van der Waals surface area contributed by atoms with Crippen LogP contribution in [0.5, 0.6) is 5.75 Å². The molecule has 0 aliphatic carbocycles. The fourth-order valence-electron chi connectivity index (χ4n) is 4.48. The predicted molar refractivity (Wildman–Crippen MR) is 140 cm³/mol. The molecule has 0 fully saturated rings. The van der Waals surface area contributed by atoms with Gasteiger partial charge in [-0.2, -0.15) is 0 Å². The van der Waals surface area contributed by atoms with Crippen LogP contribution in [0, 0.1) is 11.3 Å². The average Bonchev–Trinajstić information content (AvgIpc) is 3.10. The number of rotatable bonds is 12. The maximum absolute atomic E-state index is 12.7. The number of amides is 2. The summed E-state index contributed by atoms with van der Waals surface area (Å²) in [6.07, 6.45) is 0.935. The van der Waals surface area contributed by atoms with Gasteiger partial charge in [-0.25, -0.2) is 0 Å². The van der Waals surface area contributed by atoms with E-state index in [0.717, 1.165) is 22.8 Å². The van der Waals surface area contributed by atoms with Crippen LogP contribution in [0.25, 0.3) is 0 Å². The van der Waals surface area contributed by atoms with Gasteiger partial charge in [0, 0.05) is 0 Å². The van der Waals surface area contributed by atoms with Crippen molar-refractivity contribution in [3.63, 3.8) is 0 Å². The molecule has 3 atom stereocenters. The van der Waals surface area contributed by atoms with Gasteiger partial charge in [0.25, 0.3) is 11.8 Å². The summed E-state index contributed by atoms with van der Waals surface area (Å²) >= 11 is 0. The number of benzene rings is 2. The van der Waals surface area contributed by atoms with Crippen molar-refractivity contribution >= 4 is 17.8 Å². The van der Waals surface area contributed by atoms with Gasteiger partial charge < -0.3 is 9.47 Å². The number of hydrogen-bond donors (Lipinski definition) is 0. The Balaban J connectivity index is 1.51. The summed E-state index contributed by atoms with van der Waals surface area (Å²) in [6.45, 7) is 8.60. The molecular weight excluding hydrogens is 472 g/mol. The zero-order valence-electron chi connectivity index (χ0n) is 22.8. The number of imide groups is 1. The second-order valence-electron chi connectivity index (χ2n) is 10.7. The first-order chi connectivity index (χ1) is 17.4. The Labute approximate surface area is 219 Å². The third-order valence-corrected chi connectivity index (χ3v) is 6.98. The molecule has 1 aliphatic heterocycles. The van der Waals surface area contributed by atoms with Gasteiger partial charge in [-0.15, -0.1) is 5.06 Å². The van der Waals surface area contributed by atoms with Crippen LogP contribution in [-0.2, 0) is 20.8 Å². The molecule has 2 amide bonds. The van der Waals surface area contributed by atoms with Gasteiger partial charge in [-0.05, 0) is 75.0 Å². The third kappa shape index (κ3) is 6.76. The Kier molecular flexibility index (Phi) is 9.10. The SMILES string of the molecule is COC(=O)[C@H](Cc1ccc(OCC(C)CC(C)(C)C(C)ON2C(=O)c3ccccc3C2=O)cc1)N(C)C. The van der Waals surface area contributed by atoms with Crippen molar-refractivity contribution in [1.82, 2.24) is 9.96 Å². The van der Waals surface area contributed by atoms with Crippen molar-refractivity contribution in [3.05, 3.63) is 65.2 Å². The normalized spacial score (nSPS) is 15.9. The highest BCUT2D eigenvalue weighted by Crippen LogP contribution is 2.34. The molecule has 0 bridgehead atoms. The fraction of sp³-hybridized carbons (Fsp3) is 0.483. The van der Waals surface area contributed by atoms with E-state index in [4.69, 9.17) is 14.3 Å². The number of ether oxygens (including phenoxy) is 2. The molecule has 0 radical (unpaired) electrons. The lowest BCUT2D eigenvalue weighted by atomic mass is 9.79. The lowest BCUT2D eigenvalue weighted by Gasteiger charge is -2.35. The van der Waals surface area contributed by atoms with E-state index in [0.29, 0.717) is 24.2 Å². The van der Waals surface area contributed by atoms with Crippen LogP contribution < -0.4 is 4.74 Å². The Morgan fingerprint density at radius 1 is 0.973 bits per heavy atom. The van der Waals surface area contributed by atoms with E-state index in [9.17, 15) is 14.4 Å². The number of esters is 1. The maximum Gasteiger partial charge on any atom is 0.323 e. The lowest BCUT2D eigenvalue weighted by molar-refractivity contribution is -0.162. The van der Waals surface area contributed by atoms with Crippen LogP contribution in [0.1, 0.15) is 60.4 Å². The zero-order chi connectivity index (χ0) is 27.3. The van der Waals surface area contributed by atoms with E-state index in [1.165, 1.54) is 7.11 Å². The van der Waals surface area contributed by atoms with Crippen molar-refractivity contribution in [2.45, 2.75) is 52.7 Å². The fourth-order valence-corrected chi connectivity index (χ4v) is 4.48. The van der Waals surface area contributed by atoms with Gasteiger partial charge in [0.05, 0.1) is 30.9 Å². The summed E-state index contributed by atoms with van der Waals surface area (Å²) in [4.78, 5) is 45.0. The summed E-state index contributed by atoms with van der Waals surface area (Å²) in [5.74, 6) is -0.162. The molecule has 2 unspecified atom stereocenters. The quantitative estimate of drug-likeness (QED) is 0.309. The van der Waals surface area contributed by atoms with Crippen LogP contribution in [-0.4, -0.2) is 67.7 Å². The second-order valence-corrected chi connectivity index (χ2v) is 10.7. The molecule has 0 aromatic heterocycles. The van der Waals surface area contributed by atoms with Crippen molar-refractivity contribution < 1.29 is 28.7 Å². The van der Waals surface area contributed by atoms with Crippen molar-refractivity contribution in [2.75, 3.05) is 27.8 Å². The number of carbonyl (C=O) groups excluding carboxylic acids is 3. The molecule has 1 heterocycles. The molecule has 2 aromatic carbocycles. The topological polar surface area (TPSA) is 85.4 Å². The highest BCUT2D eigenvalue weighted by atomic mass is 16.7. The number of likely N-dealkylation sites (N-methyl/N-ethyl adjacent to an activating group) is 1. The highest BCUT2D eigenvalue weighted by Gasteiger charge is 2.40. The molecule has 8 nitrogen and oxygen atoms in total. The minimum Gasteiger partial charge on any atom is -0.493 e. The molecule has 37 heavy (non-hydrogen) atoms. The summed E-state index contributed by atoms with van der Waals surface area (Å²) in [5.41, 5.74) is 1.43. The molecule has 2 aromatic rings. The predicted octanol–water partition coefficient (Wildman–Crippen LogP) is 4.38. The minimum atomic E-state index is -0.424. The second kappa shape index (κ2) is 11.9. The van der Waals surface area contributed by atoms with Crippen LogP contribution in [0.15, 0.2) is 48.5 Å². The number of methoxy groups -OCH3 is 1. The van der Waals surface area contributed by atoms with E-state index in [1.54, 1.807) is 24.3 Å². The van der Waals surface area contributed by atoms with Gasteiger partial charge in [0.1, 0.15) is 11.8 Å². The van der Waals surface area contributed by atoms with Gasteiger partial charge in [-0.3, -0.25) is 24.1 Å². The lowest BCUT2D eigenvalue weighted by Crippen LogP contribution is -2.40. The van der Waals surface area contributed by atoms with Crippen molar-refractivity contribution in [3.8, 4) is 5.75 Å². The molecule has 0 saturated carbocycles. The van der Waals surface area contributed by atoms with Gasteiger partial charge in [-0.1, -0.05) is 45.0 Å². The molecular formula is C29H38N2O6. The molecule has 8 heteroatoms. The van der Waals surface area contributed by atoms with Crippen LogP contribution in [0.3, 0.4) is 0 Å². The molecule has 200 valence electrons. The van der Waals surface area contributed by atoms with E-state index in [-0.39, 0.29) is 29.4 Å². The van der Waals surface area contributed by atoms with Crippen molar-refractivity contribution in [2.24, 2.45) is 11.3 Å². The monoisotopic (exact) mass is 510 g/mol. The highest BCUT2D eigenvalue weighted by molar-refractivity contribution is 6.20. The van der Waals surface area contributed by atoms with Gasteiger partial charge in [0.15, 0.2) is 0 Å². The van der Waals surface area contributed by atoms with Crippen LogP contribution in [0.2, 0.25) is 0 Å².